The van der Waals surface area contributed by atoms with Crippen LogP contribution in [-0.2, 0) is 25.3 Å². The minimum atomic E-state index is -3.59. The van der Waals surface area contributed by atoms with Gasteiger partial charge in [-0.2, -0.15) is 0 Å². The summed E-state index contributed by atoms with van der Waals surface area (Å²) in [5.74, 6) is -1.14. The molecule has 8 heteroatoms. The number of nitrogens with zero attached hydrogens (tertiary/aromatic N) is 1. The van der Waals surface area contributed by atoms with E-state index >= 15 is 0 Å². The molecular formula is C16H23FN2O4S. The summed E-state index contributed by atoms with van der Waals surface area (Å²) < 4.78 is 44.8. The molecule has 134 valence electrons. The number of hydrogen-bond donors (Lipinski definition) is 1. The van der Waals surface area contributed by atoms with Crippen LogP contribution in [0.3, 0.4) is 0 Å². The van der Waals surface area contributed by atoms with E-state index < -0.39 is 15.8 Å². The Hall–Kier alpha value is -1.51. The highest BCUT2D eigenvalue weighted by atomic mass is 32.2. The van der Waals surface area contributed by atoms with Crippen LogP contribution in [0.4, 0.5) is 4.39 Å². The van der Waals surface area contributed by atoms with Crippen molar-refractivity contribution < 1.29 is 22.3 Å². The maximum absolute atomic E-state index is 13.7. The molecule has 2 rings (SSSR count). The van der Waals surface area contributed by atoms with Crippen LogP contribution in [0.2, 0.25) is 0 Å². The zero-order chi connectivity index (χ0) is 17.6. The van der Waals surface area contributed by atoms with E-state index in [-0.39, 0.29) is 36.2 Å². The quantitative estimate of drug-likeness (QED) is 0.742. The van der Waals surface area contributed by atoms with Crippen molar-refractivity contribution in [2.75, 3.05) is 33.4 Å². The highest BCUT2D eigenvalue weighted by molar-refractivity contribution is 7.88. The minimum Gasteiger partial charge on any atom is -0.383 e. The van der Waals surface area contributed by atoms with Gasteiger partial charge in [-0.1, -0.05) is 18.2 Å². The summed E-state index contributed by atoms with van der Waals surface area (Å²) in [5.41, 5.74) is 0.164. The topological polar surface area (TPSA) is 75.7 Å². The van der Waals surface area contributed by atoms with Gasteiger partial charge >= 0.3 is 0 Å². The van der Waals surface area contributed by atoms with Crippen LogP contribution in [0.1, 0.15) is 18.4 Å². The number of rotatable bonds is 7. The first-order chi connectivity index (χ1) is 11.4. The van der Waals surface area contributed by atoms with Gasteiger partial charge in [0.1, 0.15) is 5.82 Å². The summed E-state index contributed by atoms with van der Waals surface area (Å²) in [4.78, 5) is 12.0. The first-order valence-corrected chi connectivity index (χ1v) is 9.53. The molecule has 1 aromatic rings. The van der Waals surface area contributed by atoms with Crippen LogP contribution in [-0.4, -0.2) is 52.0 Å². The van der Waals surface area contributed by atoms with E-state index in [1.165, 1.54) is 22.5 Å². The number of carbonyl (C=O) groups excluding carboxylic acids is 1. The van der Waals surface area contributed by atoms with Crippen molar-refractivity contribution in [3.63, 3.8) is 0 Å². The minimum absolute atomic E-state index is 0.0711. The monoisotopic (exact) mass is 358 g/mol. The van der Waals surface area contributed by atoms with Gasteiger partial charge in [0.05, 0.1) is 12.4 Å². The molecule has 1 saturated heterocycles. The third-order valence-electron chi connectivity index (χ3n) is 4.12. The molecule has 1 heterocycles. The summed E-state index contributed by atoms with van der Waals surface area (Å²) in [6.45, 7) is 1.45. The van der Waals surface area contributed by atoms with Crippen LogP contribution < -0.4 is 5.32 Å². The van der Waals surface area contributed by atoms with Gasteiger partial charge in [-0.25, -0.2) is 17.1 Å². The molecule has 0 radical (unpaired) electrons. The van der Waals surface area contributed by atoms with Crippen molar-refractivity contribution in [1.29, 1.82) is 0 Å². The molecule has 6 nitrogen and oxygen atoms in total. The third-order valence-corrected chi connectivity index (χ3v) is 5.95. The number of benzene rings is 1. The molecule has 24 heavy (non-hydrogen) atoms. The van der Waals surface area contributed by atoms with Crippen molar-refractivity contribution in [3.05, 3.63) is 35.6 Å². The van der Waals surface area contributed by atoms with Crippen LogP contribution >= 0.6 is 0 Å². The predicted octanol–water partition coefficient (Wildman–Crippen LogP) is 1.13. The average Bonchev–Trinajstić information content (AvgIpc) is 2.57. The fourth-order valence-corrected chi connectivity index (χ4v) is 4.30. The number of carbonyl (C=O) groups is 1. The van der Waals surface area contributed by atoms with Gasteiger partial charge in [0.25, 0.3) is 0 Å². The van der Waals surface area contributed by atoms with Crippen molar-refractivity contribution in [3.8, 4) is 0 Å². The molecule has 0 bridgehead atoms. The number of piperidine rings is 1. The number of nitrogens with one attached hydrogen (secondary N) is 1. The fourth-order valence-electron chi connectivity index (χ4n) is 2.72. The van der Waals surface area contributed by atoms with Crippen LogP contribution in [0, 0.1) is 11.7 Å². The lowest BCUT2D eigenvalue weighted by atomic mass is 9.97. The predicted molar refractivity (Wildman–Crippen MR) is 88.2 cm³/mol. The number of ether oxygens (including phenoxy) is 1. The maximum Gasteiger partial charge on any atom is 0.223 e. The van der Waals surface area contributed by atoms with E-state index in [2.05, 4.69) is 5.32 Å². The molecule has 1 fully saturated rings. The molecule has 0 aliphatic carbocycles. The van der Waals surface area contributed by atoms with Gasteiger partial charge in [-0.3, -0.25) is 4.79 Å². The number of halogens is 1. The largest absolute Gasteiger partial charge is 0.383 e. The Balaban J connectivity index is 1.89. The van der Waals surface area contributed by atoms with Crippen LogP contribution in [0.25, 0.3) is 0 Å². The van der Waals surface area contributed by atoms with E-state index in [0.717, 1.165) is 0 Å². The molecule has 0 saturated carbocycles. The Bertz CT molecular complexity index is 658. The molecule has 1 aliphatic rings. The first-order valence-electron chi connectivity index (χ1n) is 7.92. The molecular weight excluding hydrogens is 335 g/mol. The third kappa shape index (κ3) is 4.99. The Morgan fingerprint density at radius 1 is 1.33 bits per heavy atom. The standard InChI is InChI=1S/C16H23FN2O4S/c1-23-11-8-18-16(20)13-6-9-19(10-7-13)24(21,22)12-14-4-2-3-5-15(14)17/h2-5,13H,6-12H2,1H3,(H,18,20). The van der Waals surface area contributed by atoms with Gasteiger partial charge in [0, 0.05) is 38.2 Å². The Kier molecular flexibility index (Phi) is 6.70. The van der Waals surface area contributed by atoms with Crippen molar-refractivity contribution in [1.82, 2.24) is 9.62 Å². The Labute approximate surface area is 142 Å². The van der Waals surface area contributed by atoms with Gasteiger partial charge in [0.15, 0.2) is 0 Å². The number of methoxy groups -OCH3 is 1. The van der Waals surface area contributed by atoms with E-state index in [9.17, 15) is 17.6 Å². The molecule has 0 atom stereocenters. The van der Waals surface area contributed by atoms with Crippen molar-refractivity contribution in [2.45, 2.75) is 18.6 Å². The van der Waals surface area contributed by atoms with Crippen molar-refractivity contribution >= 4 is 15.9 Å². The zero-order valence-corrected chi connectivity index (χ0v) is 14.5. The summed E-state index contributed by atoms with van der Waals surface area (Å²) in [6.07, 6.45) is 0.935. The highest BCUT2D eigenvalue weighted by Gasteiger charge is 2.31. The lowest BCUT2D eigenvalue weighted by Crippen LogP contribution is -2.43. The van der Waals surface area contributed by atoms with Crippen molar-refractivity contribution in [2.24, 2.45) is 5.92 Å². The van der Waals surface area contributed by atoms with E-state index in [1.807, 2.05) is 0 Å². The summed E-state index contributed by atoms with van der Waals surface area (Å²) >= 11 is 0. The van der Waals surface area contributed by atoms with E-state index in [4.69, 9.17) is 4.74 Å². The smallest absolute Gasteiger partial charge is 0.223 e. The summed E-state index contributed by atoms with van der Waals surface area (Å²) in [5, 5.41) is 2.77. The molecule has 1 N–H and O–H groups in total. The summed E-state index contributed by atoms with van der Waals surface area (Å²) in [6, 6.07) is 5.87. The lowest BCUT2D eigenvalue weighted by molar-refractivity contribution is -0.126. The zero-order valence-electron chi connectivity index (χ0n) is 13.7. The number of hydrogen-bond acceptors (Lipinski definition) is 4. The molecule has 1 aromatic carbocycles. The maximum atomic E-state index is 13.7. The average molecular weight is 358 g/mol. The lowest BCUT2D eigenvalue weighted by Gasteiger charge is -2.30. The Morgan fingerprint density at radius 3 is 2.62 bits per heavy atom. The molecule has 0 aromatic heterocycles. The number of amides is 1. The normalized spacial score (nSPS) is 16.9. The summed E-state index contributed by atoms with van der Waals surface area (Å²) in [7, 11) is -2.03. The molecule has 0 spiro atoms. The second kappa shape index (κ2) is 8.55. The second-order valence-electron chi connectivity index (χ2n) is 5.80. The van der Waals surface area contributed by atoms with Gasteiger partial charge in [-0.05, 0) is 18.9 Å². The van der Waals surface area contributed by atoms with Gasteiger partial charge in [0.2, 0.25) is 15.9 Å². The SMILES string of the molecule is COCCNC(=O)C1CCN(S(=O)(=O)Cc2ccccc2F)CC1. The van der Waals surface area contributed by atoms with Crippen LogP contribution in [0.15, 0.2) is 24.3 Å². The van der Waals surface area contributed by atoms with E-state index in [1.54, 1.807) is 13.2 Å². The van der Waals surface area contributed by atoms with Gasteiger partial charge in [-0.15, -0.1) is 0 Å². The molecule has 1 amide bonds. The second-order valence-corrected chi connectivity index (χ2v) is 7.77. The fraction of sp³-hybridized carbons (Fsp3) is 0.562. The first kappa shape index (κ1) is 18.8. The van der Waals surface area contributed by atoms with Crippen LogP contribution in [0.5, 0.6) is 0 Å². The van der Waals surface area contributed by atoms with E-state index in [0.29, 0.717) is 26.0 Å². The molecule has 0 unspecified atom stereocenters. The molecule has 1 aliphatic heterocycles. The Morgan fingerprint density at radius 2 is 2.00 bits per heavy atom. The number of sulfonamides is 1. The highest BCUT2D eigenvalue weighted by Crippen LogP contribution is 2.22. The van der Waals surface area contributed by atoms with Gasteiger partial charge < -0.3 is 10.1 Å².